The predicted molar refractivity (Wildman–Crippen MR) is 99.1 cm³/mol. The van der Waals surface area contributed by atoms with E-state index in [9.17, 15) is 13.7 Å². The molecule has 5 heteroatoms. The van der Waals surface area contributed by atoms with E-state index in [0.717, 1.165) is 5.56 Å². The van der Waals surface area contributed by atoms with Gasteiger partial charge in [-0.25, -0.2) is 4.39 Å². The minimum Gasteiger partial charge on any atom is -0.496 e. The largest absolute Gasteiger partial charge is 0.496 e. The molecule has 2 aromatic carbocycles. The Morgan fingerprint density at radius 1 is 1.20 bits per heavy atom. The van der Waals surface area contributed by atoms with E-state index in [4.69, 9.17) is 4.74 Å². The lowest BCUT2D eigenvalue weighted by Crippen LogP contribution is -2.29. The van der Waals surface area contributed by atoms with Crippen LogP contribution in [0.2, 0.25) is 0 Å². The lowest BCUT2D eigenvalue weighted by Gasteiger charge is -2.29. The number of rotatable bonds is 7. The van der Waals surface area contributed by atoms with E-state index in [0.29, 0.717) is 22.6 Å². The third kappa shape index (κ3) is 5.13. The zero-order valence-electron chi connectivity index (χ0n) is 15.1. The molecule has 0 amide bonds. The third-order valence-electron chi connectivity index (χ3n) is 4.26. The fraction of sp³-hybridized carbons (Fsp3) is 0.400. The van der Waals surface area contributed by atoms with Crippen LogP contribution in [0, 0.1) is 12.7 Å². The van der Waals surface area contributed by atoms with Crippen LogP contribution in [0.15, 0.2) is 47.4 Å². The molecule has 0 saturated heterocycles. The molecule has 0 aliphatic rings. The minimum absolute atomic E-state index is 0.143. The summed E-state index contributed by atoms with van der Waals surface area (Å²) in [4.78, 5) is 0.700. The van der Waals surface area contributed by atoms with Gasteiger partial charge >= 0.3 is 0 Å². The van der Waals surface area contributed by atoms with Gasteiger partial charge in [-0.15, -0.1) is 0 Å². The number of aliphatic hydroxyl groups excluding tert-OH is 1. The van der Waals surface area contributed by atoms with E-state index in [-0.39, 0.29) is 11.6 Å². The quantitative estimate of drug-likeness (QED) is 0.808. The summed E-state index contributed by atoms with van der Waals surface area (Å²) < 4.78 is 31.4. The maximum Gasteiger partial charge on any atom is 0.123 e. The van der Waals surface area contributed by atoms with Crippen LogP contribution in [0.5, 0.6) is 5.75 Å². The highest BCUT2D eigenvalue weighted by molar-refractivity contribution is 7.85. The van der Waals surface area contributed by atoms with Crippen LogP contribution in [0.1, 0.15) is 31.4 Å². The minimum atomic E-state index is -1.28. The first-order valence-electron chi connectivity index (χ1n) is 8.20. The number of benzene rings is 2. The van der Waals surface area contributed by atoms with Crippen LogP contribution in [-0.4, -0.2) is 28.3 Å². The van der Waals surface area contributed by atoms with Crippen molar-refractivity contribution >= 4 is 10.8 Å². The standard InChI is InChI=1S/C20H25FO3S/c1-14-5-8-17(9-6-14)25(23)13-16(22)12-20(2,3)18-11-15(21)7-10-19(18)24-4/h5-11,16,22H,12-13H2,1-4H3. The Kier molecular flexibility index (Phi) is 6.36. The SMILES string of the molecule is COc1ccc(F)cc1C(C)(C)CC(O)CS(=O)c1ccc(C)cc1. The molecule has 0 aliphatic heterocycles. The molecule has 0 fully saturated rings. The first-order chi connectivity index (χ1) is 11.7. The average molecular weight is 364 g/mol. The van der Waals surface area contributed by atoms with Gasteiger partial charge in [0, 0.05) is 10.5 Å². The molecule has 2 atom stereocenters. The van der Waals surface area contributed by atoms with Crippen LogP contribution < -0.4 is 4.74 Å². The molecule has 2 aromatic rings. The van der Waals surface area contributed by atoms with E-state index in [1.165, 1.54) is 19.2 Å². The zero-order chi connectivity index (χ0) is 18.6. The molecule has 0 bridgehead atoms. The molecule has 0 heterocycles. The maximum atomic E-state index is 13.6. The highest BCUT2D eigenvalue weighted by Crippen LogP contribution is 2.36. The first-order valence-corrected chi connectivity index (χ1v) is 9.52. The topological polar surface area (TPSA) is 46.5 Å². The first kappa shape index (κ1) is 19.6. The number of aliphatic hydroxyl groups is 1. The van der Waals surface area contributed by atoms with Crippen LogP contribution in [-0.2, 0) is 16.2 Å². The third-order valence-corrected chi connectivity index (χ3v) is 5.75. The van der Waals surface area contributed by atoms with Crippen molar-refractivity contribution in [1.82, 2.24) is 0 Å². The van der Waals surface area contributed by atoms with E-state index in [1.807, 2.05) is 45.0 Å². The molecular formula is C20H25FO3S. The van der Waals surface area contributed by atoms with E-state index < -0.39 is 22.3 Å². The zero-order valence-corrected chi connectivity index (χ0v) is 15.9. The Balaban J connectivity index is 2.10. The number of ether oxygens (including phenoxy) is 1. The molecule has 2 rings (SSSR count). The summed E-state index contributed by atoms with van der Waals surface area (Å²) in [6, 6.07) is 11.8. The summed E-state index contributed by atoms with van der Waals surface area (Å²) in [5.41, 5.74) is 1.26. The van der Waals surface area contributed by atoms with Crippen molar-refractivity contribution in [2.75, 3.05) is 12.9 Å². The average Bonchev–Trinajstić information content (AvgIpc) is 2.54. The molecule has 3 nitrogen and oxygen atoms in total. The Hall–Kier alpha value is -1.72. The highest BCUT2D eigenvalue weighted by Gasteiger charge is 2.29. The molecule has 1 N–H and O–H groups in total. The lowest BCUT2D eigenvalue weighted by atomic mass is 9.79. The van der Waals surface area contributed by atoms with Gasteiger partial charge in [-0.3, -0.25) is 4.21 Å². The Bertz CT molecular complexity index is 741. The molecule has 2 unspecified atom stereocenters. The summed E-state index contributed by atoms with van der Waals surface area (Å²) in [7, 11) is 0.258. The Morgan fingerprint density at radius 2 is 1.84 bits per heavy atom. The van der Waals surface area contributed by atoms with Gasteiger partial charge < -0.3 is 9.84 Å². The summed E-state index contributed by atoms with van der Waals surface area (Å²) in [5, 5.41) is 10.4. The monoisotopic (exact) mass is 364 g/mol. The Labute approximate surface area is 151 Å². The number of halogens is 1. The summed E-state index contributed by atoms with van der Waals surface area (Å²) >= 11 is 0. The molecule has 0 aliphatic carbocycles. The van der Waals surface area contributed by atoms with Crippen molar-refractivity contribution in [2.45, 2.75) is 43.6 Å². The van der Waals surface area contributed by atoms with Gasteiger partial charge in [0.25, 0.3) is 0 Å². The van der Waals surface area contributed by atoms with Crippen molar-refractivity contribution in [1.29, 1.82) is 0 Å². The second-order valence-corrected chi connectivity index (χ2v) is 8.41. The molecule has 25 heavy (non-hydrogen) atoms. The van der Waals surface area contributed by atoms with Gasteiger partial charge in [-0.2, -0.15) is 0 Å². The van der Waals surface area contributed by atoms with Crippen molar-refractivity contribution in [3.05, 3.63) is 59.4 Å². The van der Waals surface area contributed by atoms with E-state index in [2.05, 4.69) is 0 Å². The fourth-order valence-electron chi connectivity index (χ4n) is 2.93. The Morgan fingerprint density at radius 3 is 2.44 bits per heavy atom. The molecule has 0 saturated carbocycles. The molecule has 0 radical (unpaired) electrons. The van der Waals surface area contributed by atoms with Gasteiger partial charge in [-0.05, 0) is 49.1 Å². The van der Waals surface area contributed by atoms with Crippen LogP contribution in [0.3, 0.4) is 0 Å². The van der Waals surface area contributed by atoms with Crippen LogP contribution in [0.25, 0.3) is 0 Å². The molecule has 0 aromatic heterocycles. The molecule has 0 spiro atoms. The lowest BCUT2D eigenvalue weighted by molar-refractivity contribution is 0.159. The second-order valence-electron chi connectivity index (χ2n) is 6.91. The van der Waals surface area contributed by atoms with Crippen molar-refractivity contribution in [3.63, 3.8) is 0 Å². The van der Waals surface area contributed by atoms with Crippen molar-refractivity contribution in [3.8, 4) is 5.75 Å². The smallest absolute Gasteiger partial charge is 0.123 e. The normalized spacial score (nSPS) is 14.2. The summed E-state index contributed by atoms with van der Waals surface area (Å²) in [6.45, 7) is 5.81. The van der Waals surface area contributed by atoms with Gasteiger partial charge in [0.05, 0.1) is 29.8 Å². The fourth-order valence-corrected chi connectivity index (χ4v) is 4.03. The highest BCUT2D eigenvalue weighted by atomic mass is 32.2. The predicted octanol–water partition coefficient (Wildman–Crippen LogP) is 3.98. The van der Waals surface area contributed by atoms with Crippen LogP contribution in [0.4, 0.5) is 4.39 Å². The van der Waals surface area contributed by atoms with Gasteiger partial charge in [0.1, 0.15) is 11.6 Å². The van der Waals surface area contributed by atoms with Crippen LogP contribution >= 0.6 is 0 Å². The number of hydrogen-bond acceptors (Lipinski definition) is 3. The van der Waals surface area contributed by atoms with Gasteiger partial charge in [0.15, 0.2) is 0 Å². The van der Waals surface area contributed by atoms with Gasteiger partial charge in [0.2, 0.25) is 0 Å². The van der Waals surface area contributed by atoms with E-state index in [1.54, 1.807) is 6.07 Å². The summed E-state index contributed by atoms with van der Waals surface area (Å²) in [5.74, 6) is 0.379. The second kappa shape index (κ2) is 8.11. The maximum absolute atomic E-state index is 13.6. The summed E-state index contributed by atoms with van der Waals surface area (Å²) in [6.07, 6.45) is -0.421. The number of hydrogen-bond donors (Lipinski definition) is 1. The number of aryl methyl sites for hydroxylation is 1. The molecular weight excluding hydrogens is 339 g/mol. The molecule has 136 valence electrons. The van der Waals surface area contributed by atoms with Crippen molar-refractivity contribution < 1.29 is 18.4 Å². The number of methoxy groups -OCH3 is 1. The van der Waals surface area contributed by atoms with Gasteiger partial charge in [-0.1, -0.05) is 31.5 Å². The van der Waals surface area contributed by atoms with E-state index >= 15 is 0 Å². The van der Waals surface area contributed by atoms with Crippen molar-refractivity contribution in [2.24, 2.45) is 0 Å².